The zero-order chi connectivity index (χ0) is 17.6. The SMILES string of the molecule is C#CC(=O)c1ncn2c(-c3ccnn3C)cc(-c3ccnn3C)nc12. The molecule has 0 atom stereocenters. The van der Waals surface area contributed by atoms with Crippen molar-refractivity contribution in [1.82, 2.24) is 33.9 Å². The molecule has 0 saturated carbocycles. The van der Waals surface area contributed by atoms with Gasteiger partial charge in [0, 0.05) is 26.5 Å². The second kappa shape index (κ2) is 5.42. The van der Waals surface area contributed by atoms with Crippen LogP contribution >= 0.6 is 0 Å². The van der Waals surface area contributed by atoms with E-state index in [2.05, 4.69) is 26.1 Å². The van der Waals surface area contributed by atoms with E-state index in [-0.39, 0.29) is 5.69 Å². The highest BCUT2D eigenvalue weighted by atomic mass is 16.1. The molecule has 0 spiro atoms. The summed E-state index contributed by atoms with van der Waals surface area (Å²) in [5.41, 5.74) is 3.67. The van der Waals surface area contributed by atoms with Crippen LogP contribution in [0.15, 0.2) is 36.9 Å². The molecule has 0 fully saturated rings. The van der Waals surface area contributed by atoms with Crippen LogP contribution in [0.2, 0.25) is 0 Å². The maximum absolute atomic E-state index is 12.0. The van der Waals surface area contributed by atoms with Gasteiger partial charge in [0.25, 0.3) is 5.78 Å². The molecule has 0 aliphatic rings. The summed E-state index contributed by atoms with van der Waals surface area (Å²) in [5.74, 6) is 1.59. The van der Waals surface area contributed by atoms with Crippen LogP contribution in [-0.4, -0.2) is 39.7 Å². The van der Waals surface area contributed by atoms with E-state index >= 15 is 0 Å². The number of ketones is 1. The Labute approximate surface area is 142 Å². The lowest BCUT2D eigenvalue weighted by Gasteiger charge is -2.09. The summed E-state index contributed by atoms with van der Waals surface area (Å²) in [6.07, 6.45) is 10.2. The lowest BCUT2D eigenvalue weighted by atomic mass is 10.2. The molecule has 0 aliphatic carbocycles. The van der Waals surface area contributed by atoms with Gasteiger partial charge in [-0.2, -0.15) is 10.2 Å². The lowest BCUT2D eigenvalue weighted by Crippen LogP contribution is -2.04. The number of Topliss-reactive ketones (excluding diaryl/α,β-unsaturated/α-hetero) is 1. The molecule has 0 bridgehead atoms. The smallest absolute Gasteiger partial charge is 0.257 e. The molecule has 0 N–H and O–H groups in total. The number of hydrogen-bond acceptors (Lipinski definition) is 5. The molecule has 8 heteroatoms. The second-order valence-corrected chi connectivity index (χ2v) is 5.47. The molecule has 0 radical (unpaired) electrons. The number of rotatable bonds is 3. The van der Waals surface area contributed by atoms with Gasteiger partial charge in [-0.3, -0.25) is 18.6 Å². The molecule has 0 aromatic carbocycles. The normalized spacial score (nSPS) is 10.9. The minimum absolute atomic E-state index is 0.148. The molecule has 4 aromatic rings. The molecular weight excluding hydrogens is 318 g/mol. The van der Waals surface area contributed by atoms with Crippen LogP contribution < -0.4 is 0 Å². The van der Waals surface area contributed by atoms with Crippen LogP contribution in [0.25, 0.3) is 28.4 Å². The highest BCUT2D eigenvalue weighted by Gasteiger charge is 2.19. The summed E-state index contributed by atoms with van der Waals surface area (Å²) in [6.45, 7) is 0. The first-order valence-electron chi connectivity index (χ1n) is 7.46. The summed E-state index contributed by atoms with van der Waals surface area (Å²) in [4.78, 5) is 20.8. The number of aryl methyl sites for hydroxylation is 2. The van der Waals surface area contributed by atoms with Crippen molar-refractivity contribution in [3.63, 3.8) is 0 Å². The van der Waals surface area contributed by atoms with Crippen molar-refractivity contribution in [3.05, 3.63) is 42.6 Å². The van der Waals surface area contributed by atoms with Gasteiger partial charge in [-0.1, -0.05) is 0 Å². The van der Waals surface area contributed by atoms with E-state index in [1.807, 2.05) is 32.3 Å². The van der Waals surface area contributed by atoms with Gasteiger partial charge in [-0.25, -0.2) is 9.97 Å². The first-order valence-corrected chi connectivity index (χ1v) is 7.46. The summed E-state index contributed by atoms with van der Waals surface area (Å²) >= 11 is 0. The largest absolute Gasteiger partial charge is 0.281 e. The van der Waals surface area contributed by atoms with E-state index < -0.39 is 5.78 Å². The lowest BCUT2D eigenvalue weighted by molar-refractivity contribution is 0.105. The van der Waals surface area contributed by atoms with E-state index in [0.29, 0.717) is 11.3 Å². The summed E-state index contributed by atoms with van der Waals surface area (Å²) < 4.78 is 5.19. The van der Waals surface area contributed by atoms with Gasteiger partial charge in [0.1, 0.15) is 6.33 Å². The zero-order valence-electron chi connectivity index (χ0n) is 13.6. The minimum Gasteiger partial charge on any atom is -0.281 e. The molecule has 0 unspecified atom stereocenters. The molecule has 8 nitrogen and oxygen atoms in total. The van der Waals surface area contributed by atoms with Crippen molar-refractivity contribution in [1.29, 1.82) is 0 Å². The van der Waals surface area contributed by atoms with E-state index in [0.717, 1.165) is 17.1 Å². The van der Waals surface area contributed by atoms with Gasteiger partial charge in [0.05, 0.1) is 22.8 Å². The number of aromatic nitrogens is 7. The minimum atomic E-state index is -0.506. The van der Waals surface area contributed by atoms with Gasteiger partial charge in [-0.15, -0.1) is 6.42 Å². The average molecular weight is 331 g/mol. The number of terminal acetylenes is 1. The highest BCUT2D eigenvalue weighted by Crippen LogP contribution is 2.27. The number of fused-ring (bicyclic) bond motifs is 1. The Balaban J connectivity index is 2.09. The zero-order valence-corrected chi connectivity index (χ0v) is 13.6. The number of nitrogens with zero attached hydrogens (tertiary/aromatic N) is 7. The Hall–Kier alpha value is -3.73. The van der Waals surface area contributed by atoms with Crippen molar-refractivity contribution < 1.29 is 4.79 Å². The molecule has 0 amide bonds. The molecule has 4 rings (SSSR count). The predicted molar refractivity (Wildman–Crippen MR) is 90.6 cm³/mol. The average Bonchev–Trinajstić information content (AvgIpc) is 3.32. The van der Waals surface area contributed by atoms with Crippen molar-refractivity contribution in [2.24, 2.45) is 14.1 Å². The number of hydrogen-bond donors (Lipinski definition) is 0. The molecule has 4 heterocycles. The molecule has 122 valence electrons. The number of carbonyl (C=O) groups is 1. The van der Waals surface area contributed by atoms with Crippen molar-refractivity contribution >= 4 is 11.4 Å². The Kier molecular flexibility index (Phi) is 3.22. The predicted octanol–water partition coefficient (Wildman–Crippen LogP) is 1.35. The maximum Gasteiger partial charge on any atom is 0.257 e. The fourth-order valence-electron chi connectivity index (χ4n) is 2.78. The topological polar surface area (TPSA) is 82.9 Å². The highest BCUT2D eigenvalue weighted by molar-refractivity contribution is 6.11. The van der Waals surface area contributed by atoms with Gasteiger partial charge in [-0.05, 0) is 24.1 Å². The van der Waals surface area contributed by atoms with Crippen LogP contribution in [-0.2, 0) is 14.1 Å². The fourth-order valence-corrected chi connectivity index (χ4v) is 2.78. The number of imidazole rings is 1. The summed E-state index contributed by atoms with van der Waals surface area (Å²) in [7, 11) is 3.67. The van der Waals surface area contributed by atoms with Gasteiger partial charge in [0.2, 0.25) is 0 Å². The monoisotopic (exact) mass is 331 g/mol. The Morgan fingerprint density at radius 3 is 2.36 bits per heavy atom. The molecule has 0 aliphatic heterocycles. The third kappa shape index (κ3) is 2.21. The third-order valence-corrected chi connectivity index (χ3v) is 4.01. The first-order chi connectivity index (χ1) is 12.1. The third-order valence-electron chi connectivity index (χ3n) is 4.01. The summed E-state index contributed by atoms with van der Waals surface area (Å²) in [5, 5.41) is 8.40. The van der Waals surface area contributed by atoms with E-state index in [1.165, 1.54) is 0 Å². The van der Waals surface area contributed by atoms with E-state index in [4.69, 9.17) is 6.42 Å². The Morgan fingerprint density at radius 2 is 1.76 bits per heavy atom. The molecular formula is C17H13N7O. The van der Waals surface area contributed by atoms with Crippen LogP contribution in [0.4, 0.5) is 0 Å². The van der Waals surface area contributed by atoms with Crippen LogP contribution in [0.1, 0.15) is 10.5 Å². The van der Waals surface area contributed by atoms with Crippen molar-refractivity contribution in [2.75, 3.05) is 0 Å². The molecule has 25 heavy (non-hydrogen) atoms. The quantitative estimate of drug-likeness (QED) is 0.321. The van der Waals surface area contributed by atoms with Crippen molar-refractivity contribution in [2.45, 2.75) is 0 Å². The van der Waals surface area contributed by atoms with Crippen LogP contribution in [0, 0.1) is 12.3 Å². The molecule has 0 saturated heterocycles. The maximum atomic E-state index is 12.0. The fraction of sp³-hybridized carbons (Fsp3) is 0.118. The van der Waals surface area contributed by atoms with Gasteiger partial charge in [0.15, 0.2) is 11.3 Å². The second-order valence-electron chi connectivity index (χ2n) is 5.47. The standard InChI is InChI=1S/C17H13N7O/c1-4-15(25)16-17-21-11(12-5-7-19-22(12)2)9-14(24(17)10-18-16)13-6-8-20-23(13)3/h1,5-10H,2-3H3. The molecule has 4 aromatic heterocycles. The van der Waals surface area contributed by atoms with E-state index in [1.54, 1.807) is 32.5 Å². The summed E-state index contributed by atoms with van der Waals surface area (Å²) in [6, 6.07) is 5.64. The van der Waals surface area contributed by atoms with Gasteiger partial charge < -0.3 is 0 Å². The van der Waals surface area contributed by atoms with Gasteiger partial charge >= 0.3 is 0 Å². The van der Waals surface area contributed by atoms with Crippen LogP contribution in [0.3, 0.4) is 0 Å². The Bertz CT molecular complexity index is 1160. The van der Waals surface area contributed by atoms with E-state index in [9.17, 15) is 4.79 Å². The van der Waals surface area contributed by atoms with Crippen molar-refractivity contribution in [3.8, 4) is 35.1 Å². The first kappa shape index (κ1) is 14.8. The van der Waals surface area contributed by atoms with Crippen LogP contribution in [0.5, 0.6) is 0 Å². The Morgan fingerprint density at radius 1 is 1.08 bits per heavy atom. The number of carbonyl (C=O) groups excluding carboxylic acids is 1.